The van der Waals surface area contributed by atoms with Gasteiger partial charge in [-0.25, -0.2) is 0 Å². The van der Waals surface area contributed by atoms with E-state index in [1.807, 2.05) is 3.33 Å². The summed E-state index contributed by atoms with van der Waals surface area (Å²) in [5.41, 5.74) is 3.80. The number of allylic oxidation sites excluding steroid dienone is 4. The predicted molar refractivity (Wildman–Crippen MR) is 144 cm³/mol. The number of benzene rings is 2. The Labute approximate surface area is 220 Å². The molecule has 0 radical (unpaired) electrons. The average molecular weight is 696 g/mol. The zero-order valence-electron chi connectivity index (χ0n) is 21.7. The molecule has 2 aromatic carbocycles. The normalized spacial score (nSPS) is 33.8. The van der Waals surface area contributed by atoms with Crippen molar-refractivity contribution in [1.82, 2.24) is 3.30 Å². The fourth-order valence-corrected chi connectivity index (χ4v) is 63.8. The summed E-state index contributed by atoms with van der Waals surface area (Å²) in [6.07, 6.45) is 6.13. The van der Waals surface area contributed by atoms with Crippen molar-refractivity contribution in [2.45, 2.75) is 77.4 Å². The number of rotatable bonds is 6. The van der Waals surface area contributed by atoms with Gasteiger partial charge in [-0.1, -0.05) is 0 Å². The van der Waals surface area contributed by atoms with Crippen LogP contribution in [0.15, 0.2) is 80.7 Å². The van der Waals surface area contributed by atoms with Crippen LogP contribution in [0.5, 0.6) is 0 Å². The molecule has 0 aliphatic heterocycles. The van der Waals surface area contributed by atoms with Crippen LogP contribution in [0.2, 0.25) is 0 Å². The number of halogens is 1. The Kier molecular flexibility index (Phi) is 6.46. The first-order valence-electron chi connectivity index (χ1n) is 13.6. The van der Waals surface area contributed by atoms with Crippen molar-refractivity contribution >= 4 is 19.4 Å². The quantitative estimate of drug-likeness (QED) is 0.368. The molecule has 3 unspecified atom stereocenters. The monoisotopic (exact) mass is 698 g/mol. The van der Waals surface area contributed by atoms with E-state index < -0.39 is 35.5 Å². The second kappa shape index (κ2) is 9.20. The van der Waals surface area contributed by atoms with Gasteiger partial charge in [0.1, 0.15) is 0 Å². The maximum absolute atomic E-state index is 16.1. The van der Waals surface area contributed by atoms with Crippen molar-refractivity contribution in [1.29, 1.82) is 0 Å². The van der Waals surface area contributed by atoms with E-state index in [2.05, 4.69) is 91.7 Å². The summed E-state index contributed by atoms with van der Waals surface area (Å²) in [5, 5.41) is 0. The van der Waals surface area contributed by atoms with Crippen LogP contribution in [-0.2, 0) is 19.2 Å². The SMILES string of the molecule is CC1=C(C)C(C)[C]([Hf]([NH]C23CC4CC(CC(F)(C4)C2)C3)[GeH]([c]2ccccc2)[c]2ccccc2)=C1C. The van der Waals surface area contributed by atoms with Crippen molar-refractivity contribution in [3.05, 3.63) is 80.7 Å². The van der Waals surface area contributed by atoms with Gasteiger partial charge in [-0.15, -0.1) is 0 Å². The first kappa shape index (κ1) is 24.6. The van der Waals surface area contributed by atoms with E-state index in [0.29, 0.717) is 17.8 Å². The summed E-state index contributed by atoms with van der Waals surface area (Å²) >= 11 is -2.67. The van der Waals surface area contributed by atoms with E-state index >= 15 is 4.39 Å². The molecular formula is C31H39FGeHfN. The van der Waals surface area contributed by atoms with Crippen molar-refractivity contribution in [3.8, 4) is 0 Å². The molecule has 2 aromatic rings. The molecule has 5 aliphatic carbocycles. The minimum atomic E-state index is -2.67. The molecule has 0 amide bonds. The zero-order chi connectivity index (χ0) is 24.4. The van der Waals surface area contributed by atoms with Crippen LogP contribution < -0.4 is 12.1 Å². The Morgan fingerprint density at radius 3 is 1.83 bits per heavy atom. The van der Waals surface area contributed by atoms with Gasteiger partial charge in [0.25, 0.3) is 0 Å². The third-order valence-electron chi connectivity index (χ3n) is 9.87. The van der Waals surface area contributed by atoms with Crippen molar-refractivity contribution in [2.75, 3.05) is 0 Å². The molecular weight excluding hydrogens is 656 g/mol. The third kappa shape index (κ3) is 4.36. The first-order valence-corrected chi connectivity index (χ1v) is 31.6. The van der Waals surface area contributed by atoms with E-state index in [0.717, 1.165) is 19.3 Å². The Morgan fingerprint density at radius 1 is 0.829 bits per heavy atom. The van der Waals surface area contributed by atoms with Gasteiger partial charge in [0.05, 0.1) is 0 Å². The van der Waals surface area contributed by atoms with Gasteiger partial charge in [-0.2, -0.15) is 0 Å². The average Bonchev–Trinajstić information content (AvgIpc) is 3.01. The predicted octanol–water partition coefficient (Wildman–Crippen LogP) is 5.97. The molecule has 0 spiro atoms. The van der Waals surface area contributed by atoms with Crippen LogP contribution in [0.4, 0.5) is 4.39 Å². The van der Waals surface area contributed by atoms with Gasteiger partial charge in [-0.05, 0) is 0 Å². The van der Waals surface area contributed by atoms with E-state index in [4.69, 9.17) is 0 Å². The van der Waals surface area contributed by atoms with Crippen LogP contribution >= 0.6 is 0 Å². The number of hydrogen-bond donors (Lipinski definition) is 1. The fourth-order valence-electron chi connectivity index (χ4n) is 8.49. The molecule has 4 fully saturated rings. The molecule has 4 saturated carbocycles. The van der Waals surface area contributed by atoms with Crippen LogP contribution in [0.1, 0.15) is 66.2 Å². The standard InChI is InChI=1S/C12H11Ge.C10H15FN.C9H13.Hf/c1-3-7-11(8-4-1)13-12-9-5-2-6-10-12;11-9-2-7-1-8(3-9)5-10(12,4-7)6-9;1-6-5-7(2)9(4)8(6)3;/h1-10,13H;7-8,12H,1-6H2;6H,1-4H3;/q;-1;;+1. The van der Waals surface area contributed by atoms with Gasteiger partial charge >= 0.3 is 222 Å². The number of hydrogen-bond acceptors (Lipinski definition) is 1. The maximum atomic E-state index is 16.1. The van der Waals surface area contributed by atoms with Crippen molar-refractivity contribution in [2.24, 2.45) is 17.8 Å². The Hall–Kier alpha value is -0.777. The van der Waals surface area contributed by atoms with Crippen LogP contribution in [0.3, 0.4) is 0 Å². The summed E-state index contributed by atoms with van der Waals surface area (Å²) in [6.45, 7) is 9.55. The van der Waals surface area contributed by atoms with E-state index in [1.165, 1.54) is 24.8 Å². The fraction of sp³-hybridized carbons (Fsp3) is 0.484. The molecule has 1 N–H and O–H groups in total. The molecule has 35 heavy (non-hydrogen) atoms. The Bertz CT molecular complexity index is 1120. The molecule has 0 heterocycles. The first-order chi connectivity index (χ1) is 16.8. The van der Waals surface area contributed by atoms with Gasteiger partial charge in [-0.3, -0.25) is 0 Å². The van der Waals surface area contributed by atoms with E-state index in [1.54, 1.807) is 19.9 Å². The minimum absolute atomic E-state index is 0.0470. The molecule has 4 heteroatoms. The number of nitrogens with one attached hydrogen (secondary N) is 1. The van der Waals surface area contributed by atoms with Crippen molar-refractivity contribution < 1.29 is 23.6 Å². The summed E-state index contributed by atoms with van der Waals surface area (Å²) in [7, 11) is -2.18. The molecule has 183 valence electrons. The second-order valence-electron chi connectivity index (χ2n) is 12.3. The summed E-state index contributed by atoms with van der Waals surface area (Å²) < 4.78 is 25.7. The molecule has 7 rings (SSSR count). The molecule has 3 atom stereocenters. The van der Waals surface area contributed by atoms with Crippen LogP contribution in [-0.4, -0.2) is 21.8 Å². The van der Waals surface area contributed by atoms with Crippen LogP contribution in [0, 0.1) is 17.8 Å². The summed E-state index contributed by atoms with van der Waals surface area (Å²) in [6, 6.07) is 23.0. The van der Waals surface area contributed by atoms with Crippen LogP contribution in [0.25, 0.3) is 0 Å². The molecule has 0 aromatic heterocycles. The second-order valence-corrected chi connectivity index (χ2v) is 43.4. The Balaban J connectivity index is 1.49. The zero-order valence-corrected chi connectivity index (χ0v) is 27.7. The molecule has 5 aliphatic rings. The Morgan fingerprint density at radius 2 is 1.37 bits per heavy atom. The summed E-state index contributed by atoms with van der Waals surface area (Å²) in [5.74, 6) is 1.73. The topological polar surface area (TPSA) is 12.0 Å². The van der Waals surface area contributed by atoms with E-state index in [-0.39, 0.29) is 5.54 Å². The molecule has 4 bridgehead atoms. The van der Waals surface area contributed by atoms with Gasteiger partial charge in [0, 0.05) is 0 Å². The number of alkyl halides is 1. The summed E-state index contributed by atoms with van der Waals surface area (Å²) in [4.78, 5) is 0. The molecule has 1 nitrogen and oxygen atoms in total. The van der Waals surface area contributed by atoms with E-state index in [9.17, 15) is 0 Å². The van der Waals surface area contributed by atoms with Gasteiger partial charge in [0.2, 0.25) is 0 Å². The molecule has 0 saturated heterocycles. The third-order valence-corrected chi connectivity index (χ3v) is 54.4. The van der Waals surface area contributed by atoms with Gasteiger partial charge in [0.15, 0.2) is 0 Å². The van der Waals surface area contributed by atoms with Crippen molar-refractivity contribution in [3.63, 3.8) is 0 Å². The van der Waals surface area contributed by atoms with Gasteiger partial charge < -0.3 is 0 Å².